The molecular weight excluding hydrogens is 219 g/mol. The van der Waals surface area contributed by atoms with Gasteiger partial charge in [0, 0.05) is 5.88 Å². The zero-order valence-electron chi connectivity index (χ0n) is 8.64. The largest absolute Gasteiger partial charge is 0.469 e. The van der Waals surface area contributed by atoms with Crippen molar-refractivity contribution in [3.8, 4) is 0 Å². The second kappa shape index (κ2) is 5.12. The number of benzene rings is 1. The highest BCUT2D eigenvalue weighted by Crippen LogP contribution is 2.19. The Balaban J connectivity index is 3.09. The van der Waals surface area contributed by atoms with Crippen LogP contribution in [-0.4, -0.2) is 13.1 Å². The fraction of sp³-hybridized carbons (Fsp3) is 0.364. The first-order valence-corrected chi connectivity index (χ1v) is 5.02. The number of rotatable bonds is 3. The highest BCUT2D eigenvalue weighted by molar-refractivity contribution is 6.17. The van der Waals surface area contributed by atoms with E-state index in [0.717, 1.165) is 11.1 Å². The van der Waals surface area contributed by atoms with E-state index in [2.05, 4.69) is 4.74 Å². The van der Waals surface area contributed by atoms with E-state index in [-0.39, 0.29) is 18.1 Å². The molecule has 1 aromatic rings. The lowest BCUT2D eigenvalue weighted by atomic mass is 10.0. The molecule has 0 unspecified atom stereocenters. The van der Waals surface area contributed by atoms with Crippen molar-refractivity contribution in [3.63, 3.8) is 0 Å². The van der Waals surface area contributed by atoms with Crippen LogP contribution in [0.25, 0.3) is 0 Å². The predicted octanol–water partition coefficient (Wildman–Crippen LogP) is 2.59. The van der Waals surface area contributed by atoms with Crippen LogP contribution < -0.4 is 0 Å². The molecule has 0 radical (unpaired) electrons. The van der Waals surface area contributed by atoms with Crippen LogP contribution in [0.1, 0.15) is 16.7 Å². The van der Waals surface area contributed by atoms with Crippen molar-refractivity contribution >= 4 is 17.6 Å². The minimum atomic E-state index is -0.397. The van der Waals surface area contributed by atoms with Crippen molar-refractivity contribution in [2.75, 3.05) is 7.11 Å². The smallest absolute Gasteiger partial charge is 0.309 e. The van der Waals surface area contributed by atoms with Crippen molar-refractivity contribution in [3.05, 3.63) is 34.6 Å². The molecule has 1 rings (SSSR count). The lowest BCUT2D eigenvalue weighted by molar-refractivity contribution is -0.139. The lowest BCUT2D eigenvalue weighted by Gasteiger charge is -2.09. The van der Waals surface area contributed by atoms with Crippen LogP contribution in [0.3, 0.4) is 0 Å². The first-order chi connectivity index (χ1) is 7.08. The van der Waals surface area contributed by atoms with Gasteiger partial charge in [-0.2, -0.15) is 0 Å². The van der Waals surface area contributed by atoms with Gasteiger partial charge in [0.2, 0.25) is 0 Å². The molecule has 0 N–H and O–H groups in total. The average Bonchev–Trinajstić information content (AvgIpc) is 2.17. The van der Waals surface area contributed by atoms with Crippen LogP contribution in [0.5, 0.6) is 0 Å². The number of hydrogen-bond donors (Lipinski definition) is 0. The number of aryl methyl sites for hydroxylation is 1. The number of esters is 1. The molecule has 0 aliphatic rings. The molecule has 4 heteroatoms. The van der Waals surface area contributed by atoms with Crippen LogP contribution in [0.4, 0.5) is 4.39 Å². The highest BCUT2D eigenvalue weighted by Gasteiger charge is 2.11. The Kier molecular flexibility index (Phi) is 4.09. The fourth-order valence-electron chi connectivity index (χ4n) is 1.42. The summed E-state index contributed by atoms with van der Waals surface area (Å²) < 4.78 is 17.6. The van der Waals surface area contributed by atoms with Crippen LogP contribution in [0.2, 0.25) is 0 Å². The molecule has 0 atom stereocenters. The summed E-state index contributed by atoms with van der Waals surface area (Å²) in [6.45, 7) is 1.77. The Bertz CT molecular complexity index is 377. The average molecular weight is 231 g/mol. The Hall–Kier alpha value is -1.09. The molecule has 1 aromatic carbocycles. The molecule has 0 aliphatic carbocycles. The van der Waals surface area contributed by atoms with Crippen LogP contribution >= 0.6 is 11.6 Å². The molecule has 0 fully saturated rings. The van der Waals surface area contributed by atoms with Gasteiger partial charge in [-0.25, -0.2) is 4.39 Å². The number of carbonyl (C=O) groups is 1. The number of alkyl halides is 1. The third-order valence-electron chi connectivity index (χ3n) is 2.23. The van der Waals surface area contributed by atoms with E-state index in [9.17, 15) is 9.18 Å². The minimum Gasteiger partial charge on any atom is -0.469 e. The van der Waals surface area contributed by atoms with Gasteiger partial charge >= 0.3 is 5.97 Å². The normalized spacial score (nSPS) is 10.1. The quantitative estimate of drug-likeness (QED) is 0.589. The van der Waals surface area contributed by atoms with Gasteiger partial charge in [0.25, 0.3) is 0 Å². The molecule has 0 saturated carbocycles. The van der Waals surface area contributed by atoms with Gasteiger partial charge in [-0.05, 0) is 35.7 Å². The Morgan fingerprint density at radius 1 is 1.53 bits per heavy atom. The summed E-state index contributed by atoms with van der Waals surface area (Å²) in [5, 5.41) is 0. The van der Waals surface area contributed by atoms with Crippen molar-refractivity contribution < 1.29 is 13.9 Å². The second-order valence-corrected chi connectivity index (χ2v) is 3.51. The first-order valence-electron chi connectivity index (χ1n) is 4.49. The van der Waals surface area contributed by atoms with Gasteiger partial charge < -0.3 is 4.74 Å². The number of ether oxygens (including phenoxy) is 1. The standard InChI is InChI=1S/C11H12ClFO2/c1-7-3-9(13)4-8(10(7)6-12)5-11(14)15-2/h3-4H,5-6H2,1-2H3. The summed E-state index contributed by atoms with van der Waals surface area (Å²) in [5.74, 6) is -0.495. The molecule has 2 nitrogen and oxygen atoms in total. The molecule has 0 aliphatic heterocycles. The topological polar surface area (TPSA) is 26.3 Å². The number of methoxy groups -OCH3 is 1. The van der Waals surface area contributed by atoms with Crippen molar-refractivity contribution in [2.45, 2.75) is 19.2 Å². The fourth-order valence-corrected chi connectivity index (χ4v) is 1.80. The van der Waals surface area contributed by atoms with Crippen molar-refractivity contribution in [1.29, 1.82) is 0 Å². The van der Waals surface area contributed by atoms with E-state index in [4.69, 9.17) is 11.6 Å². The number of carbonyl (C=O) groups excluding carboxylic acids is 1. The summed E-state index contributed by atoms with van der Waals surface area (Å²) in [7, 11) is 1.30. The van der Waals surface area contributed by atoms with Crippen molar-refractivity contribution in [1.82, 2.24) is 0 Å². The van der Waals surface area contributed by atoms with Crippen molar-refractivity contribution in [2.24, 2.45) is 0 Å². The Labute approximate surface area is 93.0 Å². The summed E-state index contributed by atoms with van der Waals surface area (Å²) in [6, 6.07) is 2.72. The molecule has 0 heterocycles. The van der Waals surface area contributed by atoms with Gasteiger partial charge in [0.05, 0.1) is 13.5 Å². The Morgan fingerprint density at radius 2 is 2.20 bits per heavy atom. The maximum absolute atomic E-state index is 13.1. The zero-order valence-corrected chi connectivity index (χ0v) is 9.40. The lowest BCUT2D eigenvalue weighted by Crippen LogP contribution is -2.08. The van der Waals surface area contributed by atoms with E-state index < -0.39 is 5.97 Å². The van der Waals surface area contributed by atoms with E-state index in [1.807, 2.05) is 0 Å². The maximum Gasteiger partial charge on any atom is 0.309 e. The van der Waals surface area contributed by atoms with Crippen LogP contribution in [0, 0.1) is 12.7 Å². The van der Waals surface area contributed by atoms with E-state index in [0.29, 0.717) is 5.56 Å². The highest BCUT2D eigenvalue weighted by atomic mass is 35.5. The van der Waals surface area contributed by atoms with E-state index in [1.165, 1.54) is 19.2 Å². The third-order valence-corrected chi connectivity index (χ3v) is 2.49. The molecular formula is C11H12ClFO2. The molecule has 0 spiro atoms. The maximum atomic E-state index is 13.1. The summed E-state index contributed by atoms with van der Waals surface area (Å²) in [4.78, 5) is 11.1. The van der Waals surface area contributed by atoms with E-state index in [1.54, 1.807) is 6.92 Å². The van der Waals surface area contributed by atoms with Gasteiger partial charge in [0.1, 0.15) is 5.82 Å². The minimum absolute atomic E-state index is 0.0527. The van der Waals surface area contributed by atoms with Gasteiger partial charge in [-0.1, -0.05) is 0 Å². The Morgan fingerprint density at radius 3 is 2.73 bits per heavy atom. The molecule has 82 valence electrons. The monoisotopic (exact) mass is 230 g/mol. The van der Waals surface area contributed by atoms with Gasteiger partial charge in [-0.3, -0.25) is 4.79 Å². The molecule has 0 amide bonds. The second-order valence-electron chi connectivity index (χ2n) is 3.25. The molecule has 0 saturated heterocycles. The van der Waals surface area contributed by atoms with Gasteiger partial charge in [0.15, 0.2) is 0 Å². The molecule has 15 heavy (non-hydrogen) atoms. The predicted molar refractivity (Wildman–Crippen MR) is 56.4 cm³/mol. The third kappa shape index (κ3) is 2.93. The number of hydrogen-bond acceptors (Lipinski definition) is 2. The zero-order chi connectivity index (χ0) is 11.4. The summed E-state index contributed by atoms with van der Waals surface area (Å²) in [6.07, 6.45) is 0.0527. The first kappa shape index (κ1) is 12.0. The van der Waals surface area contributed by atoms with Crippen LogP contribution in [-0.2, 0) is 21.8 Å². The van der Waals surface area contributed by atoms with Crippen LogP contribution in [0.15, 0.2) is 12.1 Å². The summed E-state index contributed by atoms with van der Waals surface area (Å²) >= 11 is 5.74. The SMILES string of the molecule is COC(=O)Cc1cc(F)cc(C)c1CCl. The summed E-state index contributed by atoms with van der Waals surface area (Å²) in [5.41, 5.74) is 2.14. The van der Waals surface area contributed by atoms with Gasteiger partial charge in [-0.15, -0.1) is 11.6 Å². The molecule has 0 aromatic heterocycles. The number of halogens is 2. The molecule has 0 bridgehead atoms. The van der Waals surface area contributed by atoms with E-state index >= 15 is 0 Å².